The van der Waals surface area contributed by atoms with Gasteiger partial charge in [0, 0.05) is 0 Å². The summed E-state index contributed by atoms with van der Waals surface area (Å²) in [6.07, 6.45) is 7.10. The maximum atomic E-state index is 5.42. The lowest BCUT2D eigenvalue weighted by atomic mass is 10.2. The van der Waals surface area contributed by atoms with Gasteiger partial charge < -0.3 is 4.74 Å². The number of allylic oxidation sites excluding steroid dienone is 1. The molecular formula is C13H14O. The minimum atomic E-state index is 0.574. The number of ether oxygens (including phenoxy) is 1. The summed E-state index contributed by atoms with van der Waals surface area (Å²) < 4.78 is 5.42. The molecule has 1 rings (SSSR count). The van der Waals surface area contributed by atoms with Crippen molar-refractivity contribution in [2.24, 2.45) is 0 Å². The Morgan fingerprint density at radius 1 is 1.43 bits per heavy atom. The second kappa shape index (κ2) is 6.01. The van der Waals surface area contributed by atoms with Gasteiger partial charge >= 0.3 is 0 Å². The van der Waals surface area contributed by atoms with Gasteiger partial charge in [0.1, 0.15) is 0 Å². The molecule has 0 saturated heterocycles. The van der Waals surface area contributed by atoms with E-state index in [1.54, 1.807) is 0 Å². The first-order valence-corrected chi connectivity index (χ1v) is 4.58. The summed E-state index contributed by atoms with van der Waals surface area (Å²) in [6.45, 7) is 3.10. The molecule has 0 aromatic heterocycles. The van der Waals surface area contributed by atoms with Gasteiger partial charge in [-0.2, -0.15) is 0 Å². The van der Waals surface area contributed by atoms with Crippen LogP contribution in [-0.4, -0.2) is 6.61 Å². The Morgan fingerprint density at radius 3 is 2.79 bits per heavy atom. The molecule has 0 N–H and O–H groups in total. The maximum Gasteiger partial charge on any atom is 0.0721 e. The quantitative estimate of drug-likeness (QED) is 0.519. The summed E-state index contributed by atoms with van der Waals surface area (Å²) in [7, 11) is 0. The second-order valence-corrected chi connectivity index (χ2v) is 3.03. The molecule has 0 saturated carbocycles. The number of benzene rings is 1. The smallest absolute Gasteiger partial charge is 0.0721 e. The van der Waals surface area contributed by atoms with Crippen molar-refractivity contribution in [2.45, 2.75) is 13.5 Å². The highest BCUT2D eigenvalue weighted by Gasteiger charge is 1.89. The fraction of sp³-hybridized carbons (Fsp3) is 0.231. The lowest BCUT2D eigenvalue weighted by Crippen LogP contribution is -1.92. The molecule has 0 unspecified atom stereocenters. The van der Waals surface area contributed by atoms with Crippen LogP contribution in [-0.2, 0) is 11.3 Å². The van der Waals surface area contributed by atoms with E-state index in [2.05, 4.69) is 5.92 Å². The molecule has 14 heavy (non-hydrogen) atoms. The van der Waals surface area contributed by atoms with Crippen molar-refractivity contribution in [1.29, 1.82) is 0 Å². The standard InChI is InChI=1S/C13H14O/c1-3-12(2)9-10-14-11-13-7-5-4-6-8-13/h1,4-9H,10-11H2,2H3/b12-9+. The molecule has 0 amide bonds. The number of rotatable bonds is 4. The largest absolute Gasteiger partial charge is 0.373 e. The molecule has 1 nitrogen and oxygen atoms in total. The van der Waals surface area contributed by atoms with Crippen LogP contribution < -0.4 is 0 Å². The first-order chi connectivity index (χ1) is 6.83. The average molecular weight is 186 g/mol. The van der Waals surface area contributed by atoms with Crippen molar-refractivity contribution in [3.8, 4) is 12.3 Å². The van der Waals surface area contributed by atoms with Crippen LogP contribution in [0.1, 0.15) is 12.5 Å². The lowest BCUT2D eigenvalue weighted by Gasteiger charge is -2.00. The normalized spacial score (nSPS) is 11.0. The van der Waals surface area contributed by atoms with E-state index in [1.807, 2.05) is 43.3 Å². The SMILES string of the molecule is C#C/C(C)=C/COCc1ccccc1. The minimum Gasteiger partial charge on any atom is -0.373 e. The van der Waals surface area contributed by atoms with E-state index in [-0.39, 0.29) is 0 Å². The van der Waals surface area contributed by atoms with Crippen LogP contribution in [0.15, 0.2) is 42.0 Å². The average Bonchev–Trinajstić information content (AvgIpc) is 2.25. The molecule has 0 radical (unpaired) electrons. The first-order valence-electron chi connectivity index (χ1n) is 4.58. The zero-order valence-corrected chi connectivity index (χ0v) is 8.36. The van der Waals surface area contributed by atoms with Gasteiger partial charge in [0.2, 0.25) is 0 Å². The number of terminal acetylenes is 1. The molecule has 0 fully saturated rings. The Bertz CT molecular complexity index is 330. The van der Waals surface area contributed by atoms with Crippen LogP contribution in [0.2, 0.25) is 0 Å². The molecule has 1 aromatic carbocycles. The monoisotopic (exact) mass is 186 g/mol. The summed E-state index contributed by atoms with van der Waals surface area (Å²) in [5.74, 6) is 2.54. The van der Waals surface area contributed by atoms with E-state index in [1.165, 1.54) is 5.56 Å². The Kier molecular flexibility index (Phi) is 4.54. The first kappa shape index (κ1) is 10.6. The molecule has 0 heterocycles. The Hall–Kier alpha value is -1.52. The minimum absolute atomic E-state index is 0.574. The fourth-order valence-electron chi connectivity index (χ4n) is 0.994. The van der Waals surface area contributed by atoms with E-state index in [0.29, 0.717) is 13.2 Å². The molecule has 0 aliphatic rings. The van der Waals surface area contributed by atoms with Crippen LogP contribution >= 0.6 is 0 Å². The van der Waals surface area contributed by atoms with Gasteiger partial charge in [-0.3, -0.25) is 0 Å². The van der Waals surface area contributed by atoms with Gasteiger partial charge in [0.15, 0.2) is 0 Å². The van der Waals surface area contributed by atoms with Crippen LogP contribution in [0.3, 0.4) is 0 Å². The lowest BCUT2D eigenvalue weighted by molar-refractivity contribution is 0.148. The maximum absolute atomic E-state index is 5.42. The highest BCUT2D eigenvalue weighted by atomic mass is 16.5. The zero-order chi connectivity index (χ0) is 10.2. The van der Waals surface area contributed by atoms with E-state index in [0.717, 1.165) is 5.57 Å². The molecular weight excluding hydrogens is 172 g/mol. The van der Waals surface area contributed by atoms with Gasteiger partial charge in [-0.25, -0.2) is 0 Å². The van der Waals surface area contributed by atoms with Gasteiger partial charge in [-0.05, 0) is 24.1 Å². The summed E-state index contributed by atoms with van der Waals surface area (Å²) >= 11 is 0. The molecule has 72 valence electrons. The molecule has 0 bridgehead atoms. The molecule has 1 heteroatoms. The Labute approximate surface area is 85.4 Å². The topological polar surface area (TPSA) is 9.23 Å². The predicted octanol–water partition coefficient (Wildman–Crippen LogP) is 2.78. The molecule has 0 aliphatic carbocycles. The fourth-order valence-corrected chi connectivity index (χ4v) is 0.994. The second-order valence-electron chi connectivity index (χ2n) is 3.03. The highest BCUT2D eigenvalue weighted by Crippen LogP contribution is 2.00. The van der Waals surface area contributed by atoms with Crippen molar-refractivity contribution in [2.75, 3.05) is 6.61 Å². The van der Waals surface area contributed by atoms with E-state index >= 15 is 0 Å². The van der Waals surface area contributed by atoms with Gasteiger partial charge in [-0.1, -0.05) is 36.3 Å². The number of hydrogen-bond donors (Lipinski definition) is 0. The van der Waals surface area contributed by atoms with Crippen LogP contribution in [0.5, 0.6) is 0 Å². The summed E-state index contributed by atoms with van der Waals surface area (Å²) in [6, 6.07) is 10.1. The Balaban J connectivity index is 2.27. The van der Waals surface area contributed by atoms with E-state index in [4.69, 9.17) is 11.2 Å². The van der Waals surface area contributed by atoms with Crippen molar-refractivity contribution in [1.82, 2.24) is 0 Å². The molecule has 0 spiro atoms. The highest BCUT2D eigenvalue weighted by molar-refractivity contribution is 5.22. The summed E-state index contributed by atoms with van der Waals surface area (Å²) in [5, 5.41) is 0. The van der Waals surface area contributed by atoms with Crippen molar-refractivity contribution < 1.29 is 4.74 Å². The predicted molar refractivity (Wildman–Crippen MR) is 58.7 cm³/mol. The molecule has 0 aliphatic heterocycles. The third kappa shape index (κ3) is 3.93. The van der Waals surface area contributed by atoms with Crippen LogP contribution in [0.4, 0.5) is 0 Å². The van der Waals surface area contributed by atoms with Gasteiger partial charge in [0.05, 0.1) is 13.2 Å². The van der Waals surface area contributed by atoms with Crippen LogP contribution in [0, 0.1) is 12.3 Å². The summed E-state index contributed by atoms with van der Waals surface area (Å²) in [4.78, 5) is 0. The molecule has 1 aromatic rings. The third-order valence-electron chi connectivity index (χ3n) is 1.85. The van der Waals surface area contributed by atoms with Gasteiger partial charge in [0.25, 0.3) is 0 Å². The van der Waals surface area contributed by atoms with E-state index in [9.17, 15) is 0 Å². The van der Waals surface area contributed by atoms with Crippen molar-refractivity contribution in [3.05, 3.63) is 47.5 Å². The third-order valence-corrected chi connectivity index (χ3v) is 1.85. The van der Waals surface area contributed by atoms with Gasteiger partial charge in [-0.15, -0.1) is 6.42 Å². The number of hydrogen-bond acceptors (Lipinski definition) is 1. The van der Waals surface area contributed by atoms with Crippen molar-refractivity contribution in [3.63, 3.8) is 0 Å². The zero-order valence-electron chi connectivity index (χ0n) is 8.36. The van der Waals surface area contributed by atoms with Crippen molar-refractivity contribution >= 4 is 0 Å². The van der Waals surface area contributed by atoms with E-state index < -0.39 is 0 Å². The Morgan fingerprint density at radius 2 is 2.14 bits per heavy atom. The van der Waals surface area contributed by atoms with Crippen LogP contribution in [0.25, 0.3) is 0 Å². The summed E-state index contributed by atoms with van der Waals surface area (Å²) in [5.41, 5.74) is 2.09. The molecule has 0 atom stereocenters.